The van der Waals surface area contributed by atoms with Crippen LogP contribution in [0.25, 0.3) is 0 Å². The van der Waals surface area contributed by atoms with Crippen molar-refractivity contribution in [3.05, 3.63) is 0 Å². The SMILES string of the molecule is CCCCCCCCCC(CCN)C(=O)N[C@H](C(=O)N[C@@H](CN)C(C)=O)C(C)O. The number of amides is 2. The van der Waals surface area contributed by atoms with Crippen LogP contribution in [0.2, 0.25) is 0 Å². The number of ketones is 1. The van der Waals surface area contributed by atoms with Gasteiger partial charge in [-0.15, -0.1) is 0 Å². The third-order valence-corrected chi connectivity index (χ3v) is 5.15. The predicted octanol–water partition coefficient (Wildman–Crippen LogP) is 0.990. The van der Waals surface area contributed by atoms with E-state index in [1.54, 1.807) is 0 Å². The summed E-state index contributed by atoms with van der Waals surface area (Å²) in [5.41, 5.74) is 11.2. The van der Waals surface area contributed by atoms with Crippen molar-refractivity contribution in [2.24, 2.45) is 17.4 Å². The first-order valence-corrected chi connectivity index (χ1v) is 11.0. The summed E-state index contributed by atoms with van der Waals surface area (Å²) in [7, 11) is 0. The lowest BCUT2D eigenvalue weighted by Gasteiger charge is -2.25. The second-order valence-corrected chi connectivity index (χ2v) is 7.82. The van der Waals surface area contributed by atoms with Crippen molar-refractivity contribution in [3.8, 4) is 0 Å². The number of rotatable bonds is 17. The first kappa shape index (κ1) is 27.5. The Kier molecular flexibility index (Phi) is 15.5. The minimum Gasteiger partial charge on any atom is -0.391 e. The summed E-state index contributed by atoms with van der Waals surface area (Å²) < 4.78 is 0. The molecular weight excluding hydrogens is 372 g/mol. The topological polar surface area (TPSA) is 148 Å². The Labute approximate surface area is 175 Å². The molecular formula is C21H42N4O4. The van der Waals surface area contributed by atoms with Gasteiger partial charge >= 0.3 is 0 Å². The second kappa shape index (κ2) is 16.3. The number of carbonyl (C=O) groups excluding carboxylic acids is 3. The van der Waals surface area contributed by atoms with Crippen LogP contribution in [0.4, 0.5) is 0 Å². The number of carbonyl (C=O) groups is 3. The Balaban J connectivity index is 4.71. The van der Waals surface area contributed by atoms with Crippen LogP contribution in [-0.4, -0.2) is 54.0 Å². The minimum absolute atomic E-state index is 0.0460. The van der Waals surface area contributed by atoms with Gasteiger partial charge in [-0.25, -0.2) is 0 Å². The molecule has 0 aliphatic rings. The number of nitrogens with two attached hydrogens (primary N) is 2. The Morgan fingerprint density at radius 1 is 0.897 bits per heavy atom. The molecule has 0 saturated heterocycles. The van der Waals surface area contributed by atoms with Gasteiger partial charge in [-0.1, -0.05) is 51.9 Å². The first-order chi connectivity index (χ1) is 13.8. The van der Waals surface area contributed by atoms with E-state index in [1.165, 1.54) is 39.5 Å². The van der Waals surface area contributed by atoms with Crippen molar-refractivity contribution in [1.29, 1.82) is 0 Å². The zero-order valence-electron chi connectivity index (χ0n) is 18.4. The summed E-state index contributed by atoms with van der Waals surface area (Å²) in [5, 5.41) is 15.1. The molecule has 2 unspecified atom stereocenters. The molecule has 29 heavy (non-hydrogen) atoms. The number of unbranched alkanes of at least 4 members (excludes halogenated alkanes) is 6. The third-order valence-electron chi connectivity index (χ3n) is 5.15. The fourth-order valence-corrected chi connectivity index (χ4v) is 3.22. The Morgan fingerprint density at radius 3 is 1.97 bits per heavy atom. The summed E-state index contributed by atoms with van der Waals surface area (Å²) in [6.45, 7) is 5.26. The molecule has 0 aromatic rings. The summed E-state index contributed by atoms with van der Waals surface area (Å²) in [6.07, 6.45) is 8.19. The minimum atomic E-state index is -1.15. The molecule has 0 heterocycles. The van der Waals surface area contributed by atoms with Gasteiger partial charge in [0, 0.05) is 12.5 Å². The van der Waals surface area contributed by atoms with Gasteiger partial charge in [-0.05, 0) is 33.2 Å². The van der Waals surface area contributed by atoms with Crippen LogP contribution >= 0.6 is 0 Å². The van der Waals surface area contributed by atoms with Gasteiger partial charge in [0.15, 0.2) is 5.78 Å². The molecule has 0 saturated carbocycles. The summed E-state index contributed by atoms with van der Waals surface area (Å²) >= 11 is 0. The maximum absolute atomic E-state index is 12.7. The molecule has 0 aromatic carbocycles. The smallest absolute Gasteiger partial charge is 0.245 e. The van der Waals surface area contributed by atoms with Gasteiger partial charge in [-0.3, -0.25) is 14.4 Å². The summed E-state index contributed by atoms with van der Waals surface area (Å²) in [6, 6.07) is -1.99. The first-order valence-electron chi connectivity index (χ1n) is 11.0. The highest BCUT2D eigenvalue weighted by molar-refractivity contribution is 5.92. The maximum atomic E-state index is 12.7. The van der Waals surface area contributed by atoms with Crippen molar-refractivity contribution >= 4 is 17.6 Å². The lowest BCUT2D eigenvalue weighted by Crippen LogP contribution is -2.57. The van der Waals surface area contributed by atoms with Gasteiger partial charge in [-0.2, -0.15) is 0 Å². The zero-order valence-corrected chi connectivity index (χ0v) is 18.4. The molecule has 0 spiro atoms. The van der Waals surface area contributed by atoms with E-state index in [-0.39, 0.29) is 24.2 Å². The number of aliphatic hydroxyl groups excluding tert-OH is 1. The fourth-order valence-electron chi connectivity index (χ4n) is 3.22. The average molecular weight is 415 g/mol. The quantitative estimate of drug-likeness (QED) is 0.224. The monoisotopic (exact) mass is 414 g/mol. The molecule has 0 aromatic heterocycles. The predicted molar refractivity (Wildman–Crippen MR) is 115 cm³/mol. The van der Waals surface area contributed by atoms with Crippen molar-refractivity contribution in [2.45, 2.75) is 96.7 Å². The highest BCUT2D eigenvalue weighted by atomic mass is 16.3. The van der Waals surface area contributed by atoms with Crippen molar-refractivity contribution in [1.82, 2.24) is 10.6 Å². The Hall–Kier alpha value is -1.51. The number of hydrogen-bond acceptors (Lipinski definition) is 6. The van der Waals surface area contributed by atoms with Crippen LogP contribution in [0, 0.1) is 5.92 Å². The van der Waals surface area contributed by atoms with Gasteiger partial charge in [0.05, 0.1) is 12.1 Å². The highest BCUT2D eigenvalue weighted by Crippen LogP contribution is 2.16. The van der Waals surface area contributed by atoms with E-state index in [1.807, 2.05) is 0 Å². The van der Waals surface area contributed by atoms with E-state index >= 15 is 0 Å². The van der Waals surface area contributed by atoms with E-state index in [4.69, 9.17) is 11.5 Å². The lowest BCUT2D eigenvalue weighted by atomic mass is 9.95. The van der Waals surface area contributed by atoms with E-state index in [9.17, 15) is 19.5 Å². The third kappa shape index (κ3) is 11.9. The number of nitrogens with one attached hydrogen (secondary N) is 2. The van der Waals surface area contributed by atoms with Gasteiger partial charge < -0.3 is 27.2 Å². The van der Waals surface area contributed by atoms with Gasteiger partial charge in [0.25, 0.3) is 0 Å². The molecule has 8 nitrogen and oxygen atoms in total. The fraction of sp³-hybridized carbons (Fsp3) is 0.857. The average Bonchev–Trinajstić information content (AvgIpc) is 2.67. The van der Waals surface area contributed by atoms with Crippen LogP contribution < -0.4 is 22.1 Å². The van der Waals surface area contributed by atoms with Crippen LogP contribution in [-0.2, 0) is 14.4 Å². The Bertz CT molecular complexity index is 485. The van der Waals surface area contributed by atoms with Gasteiger partial charge in [0.1, 0.15) is 6.04 Å². The van der Waals surface area contributed by atoms with Crippen LogP contribution in [0.1, 0.15) is 78.6 Å². The van der Waals surface area contributed by atoms with Crippen LogP contribution in [0.5, 0.6) is 0 Å². The van der Waals surface area contributed by atoms with E-state index in [2.05, 4.69) is 17.6 Å². The van der Waals surface area contributed by atoms with E-state index in [0.717, 1.165) is 19.3 Å². The molecule has 0 aliphatic heterocycles. The molecule has 0 rings (SSSR count). The number of aliphatic hydroxyl groups is 1. The number of hydrogen-bond donors (Lipinski definition) is 5. The molecule has 0 fully saturated rings. The lowest BCUT2D eigenvalue weighted by molar-refractivity contribution is -0.135. The van der Waals surface area contributed by atoms with E-state index < -0.39 is 24.1 Å². The second-order valence-electron chi connectivity index (χ2n) is 7.82. The summed E-state index contributed by atoms with van der Waals surface area (Å²) in [4.78, 5) is 36.6. The molecule has 2 amide bonds. The van der Waals surface area contributed by atoms with Gasteiger partial charge in [0.2, 0.25) is 11.8 Å². The van der Waals surface area contributed by atoms with Crippen molar-refractivity contribution in [3.63, 3.8) is 0 Å². The van der Waals surface area contributed by atoms with Crippen molar-refractivity contribution < 1.29 is 19.5 Å². The van der Waals surface area contributed by atoms with Crippen molar-refractivity contribution in [2.75, 3.05) is 13.1 Å². The maximum Gasteiger partial charge on any atom is 0.245 e. The zero-order chi connectivity index (χ0) is 22.2. The molecule has 7 N–H and O–H groups in total. The molecule has 0 radical (unpaired) electrons. The number of Topliss-reactive ketones (excluding diaryl/α,β-unsaturated/α-hetero) is 1. The van der Waals surface area contributed by atoms with E-state index in [0.29, 0.717) is 19.4 Å². The largest absolute Gasteiger partial charge is 0.391 e. The van der Waals surface area contributed by atoms with Crippen LogP contribution in [0.3, 0.4) is 0 Å². The molecule has 4 atom stereocenters. The summed E-state index contributed by atoms with van der Waals surface area (Å²) in [5.74, 6) is -1.50. The standard InChI is InChI=1S/C21H42N4O4/c1-4-5-6-7-8-9-10-11-17(12-13-22)20(28)25-19(16(3)27)21(29)24-18(14-23)15(2)26/h16-19,27H,4-14,22-23H2,1-3H3,(H,24,29)(H,25,28)/t16?,17?,18-,19-/m0/s1. The normalized spacial score (nSPS) is 15.2. The molecule has 8 heteroatoms. The molecule has 170 valence electrons. The Morgan fingerprint density at radius 2 is 1.48 bits per heavy atom. The molecule has 0 aliphatic carbocycles. The van der Waals surface area contributed by atoms with Crippen LogP contribution in [0.15, 0.2) is 0 Å². The highest BCUT2D eigenvalue weighted by Gasteiger charge is 2.30. The molecule has 0 bridgehead atoms.